The van der Waals surface area contributed by atoms with Gasteiger partial charge in [0, 0.05) is 38.7 Å². The fraction of sp³-hybridized carbons (Fsp3) is 0.364. The van der Waals surface area contributed by atoms with Gasteiger partial charge in [0.15, 0.2) is 5.96 Å². The maximum atomic E-state index is 9.05. The lowest BCUT2D eigenvalue weighted by Crippen LogP contribution is -2.39. The minimum absolute atomic E-state index is 0.393. The van der Waals surface area contributed by atoms with E-state index in [2.05, 4.69) is 33.4 Å². The van der Waals surface area contributed by atoms with Crippen molar-refractivity contribution in [3.05, 3.63) is 59.2 Å². The summed E-state index contributed by atoms with van der Waals surface area (Å²) in [6.45, 7) is 2.45. The van der Waals surface area contributed by atoms with Crippen LogP contribution < -0.4 is 14.8 Å². The van der Waals surface area contributed by atoms with Crippen LogP contribution in [0.3, 0.4) is 0 Å². The van der Waals surface area contributed by atoms with E-state index in [0.717, 1.165) is 42.5 Å². The number of nitrogens with one attached hydrogen (secondary N) is 1. The van der Waals surface area contributed by atoms with Gasteiger partial charge in [0.25, 0.3) is 0 Å². The summed E-state index contributed by atoms with van der Waals surface area (Å²) in [7, 11) is 5.15. The van der Waals surface area contributed by atoms with Gasteiger partial charge >= 0.3 is 0 Å². The molecule has 0 aliphatic carbocycles. The highest BCUT2D eigenvalue weighted by Crippen LogP contribution is 2.32. The molecule has 1 saturated heterocycles. The monoisotopic (exact) mass is 378 g/mol. The molecule has 1 fully saturated rings. The number of ether oxygens (including phenoxy) is 2. The van der Waals surface area contributed by atoms with Crippen LogP contribution in [0.2, 0.25) is 0 Å². The number of methoxy groups -OCH3 is 2. The van der Waals surface area contributed by atoms with Gasteiger partial charge in [-0.05, 0) is 41.8 Å². The molecule has 0 aromatic heterocycles. The standard InChI is InChI=1S/C22H26N4O2/c1-24-22(25-14-17-6-4-5-16(9-17)13-23)26-8-7-18(15-26)19-10-20(27-2)12-21(11-19)28-3/h4-6,9-12,18H,7-8,14-15H2,1-3H3,(H,24,25). The van der Waals surface area contributed by atoms with Gasteiger partial charge < -0.3 is 19.7 Å². The first kappa shape index (κ1) is 19.6. The van der Waals surface area contributed by atoms with Gasteiger partial charge in [0.1, 0.15) is 11.5 Å². The molecule has 0 saturated carbocycles. The lowest BCUT2D eigenvalue weighted by atomic mass is 9.98. The first-order valence-electron chi connectivity index (χ1n) is 9.34. The second-order valence-electron chi connectivity index (χ2n) is 6.79. The molecule has 146 valence electrons. The Hall–Kier alpha value is -3.20. The van der Waals surface area contributed by atoms with Gasteiger partial charge in [-0.1, -0.05) is 12.1 Å². The Bertz CT molecular complexity index is 866. The highest BCUT2D eigenvalue weighted by Gasteiger charge is 2.26. The molecular formula is C22H26N4O2. The van der Waals surface area contributed by atoms with Crippen LogP contribution in [-0.2, 0) is 6.54 Å². The molecule has 0 amide bonds. The molecule has 1 unspecified atom stereocenters. The quantitative estimate of drug-likeness (QED) is 0.639. The summed E-state index contributed by atoms with van der Waals surface area (Å²) in [5.74, 6) is 2.89. The fourth-order valence-electron chi connectivity index (χ4n) is 3.55. The van der Waals surface area contributed by atoms with E-state index >= 15 is 0 Å². The summed E-state index contributed by atoms with van der Waals surface area (Å²) < 4.78 is 10.8. The van der Waals surface area contributed by atoms with Crippen molar-refractivity contribution >= 4 is 5.96 Å². The molecule has 1 aliphatic rings. The van der Waals surface area contributed by atoms with E-state index in [1.165, 1.54) is 5.56 Å². The van der Waals surface area contributed by atoms with Crippen molar-refractivity contribution in [1.82, 2.24) is 10.2 Å². The first-order valence-corrected chi connectivity index (χ1v) is 9.34. The first-order chi connectivity index (χ1) is 13.7. The zero-order chi connectivity index (χ0) is 19.9. The van der Waals surface area contributed by atoms with Gasteiger partial charge in [-0.15, -0.1) is 0 Å². The van der Waals surface area contributed by atoms with Crippen molar-refractivity contribution in [2.24, 2.45) is 4.99 Å². The van der Waals surface area contributed by atoms with Crippen LogP contribution >= 0.6 is 0 Å². The molecular weight excluding hydrogens is 352 g/mol. The molecule has 2 aromatic rings. The van der Waals surface area contributed by atoms with E-state index < -0.39 is 0 Å². The molecule has 1 N–H and O–H groups in total. The average Bonchev–Trinajstić information content (AvgIpc) is 3.24. The van der Waals surface area contributed by atoms with Gasteiger partial charge in [-0.25, -0.2) is 0 Å². The second kappa shape index (κ2) is 9.14. The van der Waals surface area contributed by atoms with Gasteiger partial charge in [-0.3, -0.25) is 4.99 Å². The van der Waals surface area contributed by atoms with Crippen LogP contribution in [0.5, 0.6) is 11.5 Å². The number of benzene rings is 2. The van der Waals surface area contributed by atoms with Crippen molar-refractivity contribution < 1.29 is 9.47 Å². The predicted molar refractivity (Wildman–Crippen MR) is 110 cm³/mol. The van der Waals surface area contributed by atoms with Crippen molar-refractivity contribution in [2.45, 2.75) is 18.9 Å². The van der Waals surface area contributed by atoms with E-state index in [9.17, 15) is 0 Å². The molecule has 2 aromatic carbocycles. The number of likely N-dealkylation sites (tertiary alicyclic amines) is 1. The Morgan fingerprint density at radius 2 is 1.96 bits per heavy atom. The average molecular weight is 378 g/mol. The summed E-state index contributed by atoms with van der Waals surface area (Å²) in [6.07, 6.45) is 1.04. The molecule has 1 heterocycles. The largest absolute Gasteiger partial charge is 0.497 e. The van der Waals surface area contributed by atoms with Crippen LogP contribution in [0, 0.1) is 11.3 Å². The molecule has 28 heavy (non-hydrogen) atoms. The zero-order valence-electron chi connectivity index (χ0n) is 16.6. The smallest absolute Gasteiger partial charge is 0.193 e. The van der Waals surface area contributed by atoms with Gasteiger partial charge in [0.05, 0.1) is 25.9 Å². The van der Waals surface area contributed by atoms with E-state index in [1.54, 1.807) is 21.3 Å². The van der Waals surface area contributed by atoms with Gasteiger partial charge in [-0.2, -0.15) is 5.26 Å². The maximum Gasteiger partial charge on any atom is 0.193 e. The Labute approximate surface area is 166 Å². The van der Waals surface area contributed by atoms with E-state index in [-0.39, 0.29) is 0 Å². The van der Waals surface area contributed by atoms with Crippen LogP contribution in [0.15, 0.2) is 47.5 Å². The fourth-order valence-corrected chi connectivity index (χ4v) is 3.55. The number of hydrogen-bond donors (Lipinski definition) is 1. The highest BCUT2D eigenvalue weighted by atomic mass is 16.5. The maximum absolute atomic E-state index is 9.05. The Kier molecular flexibility index (Phi) is 6.38. The summed E-state index contributed by atoms with van der Waals surface area (Å²) in [6, 6.07) is 15.9. The zero-order valence-corrected chi connectivity index (χ0v) is 16.6. The number of hydrogen-bond acceptors (Lipinski definition) is 4. The number of aliphatic imine (C=N–C) groups is 1. The summed E-state index contributed by atoms with van der Waals surface area (Å²) in [5, 5.41) is 12.5. The summed E-state index contributed by atoms with van der Waals surface area (Å²) >= 11 is 0. The minimum Gasteiger partial charge on any atom is -0.497 e. The molecule has 6 nitrogen and oxygen atoms in total. The molecule has 0 spiro atoms. The Morgan fingerprint density at radius 3 is 2.61 bits per heavy atom. The van der Waals surface area contributed by atoms with Crippen LogP contribution in [0.4, 0.5) is 0 Å². The molecule has 0 radical (unpaired) electrons. The van der Waals surface area contributed by atoms with Gasteiger partial charge in [0.2, 0.25) is 0 Å². The number of rotatable bonds is 5. The predicted octanol–water partition coefficient (Wildman–Crippen LogP) is 3.14. The summed E-state index contributed by atoms with van der Waals surface area (Å²) in [4.78, 5) is 6.71. The van der Waals surface area contributed by atoms with Crippen molar-refractivity contribution in [3.8, 4) is 17.6 Å². The normalized spacial score (nSPS) is 16.6. The number of guanidine groups is 1. The van der Waals surface area contributed by atoms with Crippen LogP contribution in [0.1, 0.15) is 29.0 Å². The lowest BCUT2D eigenvalue weighted by molar-refractivity contribution is 0.392. The highest BCUT2D eigenvalue weighted by molar-refractivity contribution is 5.80. The topological polar surface area (TPSA) is 69.9 Å². The number of nitriles is 1. The van der Waals surface area contributed by atoms with E-state index in [0.29, 0.717) is 18.0 Å². The lowest BCUT2D eigenvalue weighted by Gasteiger charge is -2.22. The second-order valence-corrected chi connectivity index (χ2v) is 6.79. The molecule has 1 atom stereocenters. The van der Waals surface area contributed by atoms with Crippen LogP contribution in [-0.4, -0.2) is 45.2 Å². The summed E-state index contributed by atoms with van der Waals surface area (Å²) in [5.41, 5.74) is 2.95. The van der Waals surface area contributed by atoms with Crippen LogP contribution in [0.25, 0.3) is 0 Å². The third-order valence-electron chi connectivity index (χ3n) is 5.05. The molecule has 0 bridgehead atoms. The number of nitrogens with zero attached hydrogens (tertiary/aromatic N) is 3. The SMILES string of the molecule is CN=C(NCc1cccc(C#N)c1)N1CCC(c2cc(OC)cc(OC)c2)C1. The Balaban J connectivity index is 1.65. The van der Waals surface area contributed by atoms with Crippen molar-refractivity contribution in [1.29, 1.82) is 5.26 Å². The Morgan fingerprint density at radius 1 is 1.21 bits per heavy atom. The third kappa shape index (κ3) is 4.55. The minimum atomic E-state index is 0.393. The molecule has 3 rings (SSSR count). The third-order valence-corrected chi connectivity index (χ3v) is 5.05. The van der Waals surface area contributed by atoms with E-state index in [1.807, 2.05) is 30.3 Å². The van der Waals surface area contributed by atoms with Crippen molar-refractivity contribution in [2.75, 3.05) is 34.4 Å². The molecule has 6 heteroatoms. The van der Waals surface area contributed by atoms with E-state index in [4.69, 9.17) is 14.7 Å². The molecule has 1 aliphatic heterocycles. The van der Waals surface area contributed by atoms with Crippen molar-refractivity contribution in [3.63, 3.8) is 0 Å².